The zero-order valence-electron chi connectivity index (χ0n) is 12.9. The number of benzene rings is 1. The summed E-state index contributed by atoms with van der Waals surface area (Å²) in [7, 11) is 1.66. The molecule has 2 atom stereocenters. The zero-order chi connectivity index (χ0) is 15.6. The molecule has 1 aromatic carbocycles. The van der Waals surface area contributed by atoms with Crippen LogP contribution in [0.2, 0.25) is 0 Å². The standard InChI is InChI=1S/C16H24FN3O/c1-10-7-15(13(11(2)18)8-14(10)17)20-6-4-5-12(9-20)16(21)19-3/h7-8,11-12H,4-6,9,18H2,1-3H3,(H,19,21)/t11-,12?/m1/s1. The zero-order valence-corrected chi connectivity index (χ0v) is 12.9. The van der Waals surface area contributed by atoms with Gasteiger partial charge in [0.15, 0.2) is 0 Å². The first kappa shape index (κ1) is 15.8. The van der Waals surface area contributed by atoms with Crippen molar-refractivity contribution >= 4 is 11.6 Å². The SMILES string of the molecule is CNC(=O)C1CCCN(c2cc(C)c(F)cc2[C@@H](C)N)C1. The summed E-state index contributed by atoms with van der Waals surface area (Å²) < 4.78 is 13.8. The van der Waals surface area contributed by atoms with E-state index in [1.54, 1.807) is 14.0 Å². The Bertz CT molecular complexity index is 530. The molecule has 1 unspecified atom stereocenters. The van der Waals surface area contributed by atoms with Gasteiger partial charge in [-0.15, -0.1) is 0 Å². The summed E-state index contributed by atoms with van der Waals surface area (Å²) >= 11 is 0. The lowest BCUT2D eigenvalue weighted by Gasteiger charge is -2.35. The Kier molecular flexibility index (Phi) is 4.83. The third-order valence-electron chi connectivity index (χ3n) is 4.18. The summed E-state index contributed by atoms with van der Waals surface area (Å²) in [6.07, 6.45) is 1.84. The molecule has 0 radical (unpaired) electrons. The second-order valence-corrected chi connectivity index (χ2v) is 5.85. The van der Waals surface area contributed by atoms with Crippen LogP contribution in [0, 0.1) is 18.7 Å². The average Bonchev–Trinajstić information content (AvgIpc) is 2.48. The van der Waals surface area contributed by atoms with Crippen molar-refractivity contribution in [2.75, 3.05) is 25.0 Å². The summed E-state index contributed by atoms with van der Waals surface area (Å²) in [5, 5.41) is 2.71. The fraction of sp³-hybridized carbons (Fsp3) is 0.562. The summed E-state index contributed by atoms with van der Waals surface area (Å²) in [5.74, 6) is -0.179. The molecular weight excluding hydrogens is 269 g/mol. The smallest absolute Gasteiger partial charge is 0.224 e. The van der Waals surface area contributed by atoms with Crippen LogP contribution in [0.3, 0.4) is 0 Å². The fourth-order valence-corrected chi connectivity index (χ4v) is 2.93. The van der Waals surface area contributed by atoms with Crippen LogP contribution in [0.4, 0.5) is 10.1 Å². The molecule has 1 aliphatic rings. The Hall–Kier alpha value is -1.62. The number of nitrogens with zero attached hydrogens (tertiary/aromatic N) is 1. The molecule has 1 aromatic rings. The van der Waals surface area contributed by atoms with Gasteiger partial charge in [-0.05, 0) is 49.9 Å². The highest BCUT2D eigenvalue weighted by Crippen LogP contribution is 2.31. The maximum atomic E-state index is 13.8. The van der Waals surface area contributed by atoms with Crippen LogP contribution in [0.5, 0.6) is 0 Å². The third kappa shape index (κ3) is 3.35. The highest BCUT2D eigenvalue weighted by molar-refractivity contribution is 5.79. The Morgan fingerprint density at radius 3 is 2.86 bits per heavy atom. The molecule has 0 spiro atoms. The molecule has 1 aliphatic heterocycles. The van der Waals surface area contributed by atoms with Crippen LogP contribution < -0.4 is 16.0 Å². The number of carbonyl (C=O) groups is 1. The first-order valence-corrected chi connectivity index (χ1v) is 7.46. The number of piperidine rings is 1. The van der Waals surface area contributed by atoms with Gasteiger partial charge in [0.05, 0.1) is 5.92 Å². The summed E-state index contributed by atoms with van der Waals surface area (Å²) in [6.45, 7) is 5.14. The lowest BCUT2D eigenvalue weighted by Crippen LogP contribution is -2.42. The molecule has 21 heavy (non-hydrogen) atoms. The van der Waals surface area contributed by atoms with Crippen molar-refractivity contribution in [3.8, 4) is 0 Å². The van der Waals surface area contributed by atoms with E-state index in [1.807, 2.05) is 13.0 Å². The van der Waals surface area contributed by atoms with E-state index in [9.17, 15) is 9.18 Å². The fourth-order valence-electron chi connectivity index (χ4n) is 2.93. The molecule has 0 saturated carbocycles. The number of nitrogens with one attached hydrogen (secondary N) is 1. The molecule has 1 saturated heterocycles. The monoisotopic (exact) mass is 293 g/mol. The van der Waals surface area contributed by atoms with E-state index in [2.05, 4.69) is 10.2 Å². The minimum atomic E-state index is -0.240. The number of anilines is 1. The summed E-state index contributed by atoms with van der Waals surface area (Å²) in [4.78, 5) is 14.0. The van der Waals surface area contributed by atoms with E-state index in [-0.39, 0.29) is 23.7 Å². The van der Waals surface area contributed by atoms with Gasteiger partial charge in [0.2, 0.25) is 5.91 Å². The quantitative estimate of drug-likeness (QED) is 0.897. The number of aryl methyl sites for hydroxylation is 1. The Labute approximate surface area is 125 Å². The normalized spacial score (nSPS) is 20.2. The molecular formula is C16H24FN3O. The molecule has 2 rings (SSSR count). The molecule has 1 fully saturated rings. The summed E-state index contributed by atoms with van der Waals surface area (Å²) in [5.41, 5.74) is 8.35. The van der Waals surface area contributed by atoms with E-state index in [1.165, 1.54) is 6.07 Å². The average molecular weight is 293 g/mol. The molecule has 0 aromatic heterocycles. The molecule has 1 heterocycles. The van der Waals surface area contributed by atoms with E-state index in [0.717, 1.165) is 30.6 Å². The first-order valence-electron chi connectivity index (χ1n) is 7.46. The van der Waals surface area contributed by atoms with Gasteiger partial charge < -0.3 is 16.0 Å². The van der Waals surface area contributed by atoms with Crippen molar-refractivity contribution in [3.05, 3.63) is 29.1 Å². The third-order valence-corrected chi connectivity index (χ3v) is 4.18. The highest BCUT2D eigenvalue weighted by atomic mass is 19.1. The maximum absolute atomic E-state index is 13.8. The van der Waals surface area contributed by atoms with Crippen LogP contribution in [-0.2, 0) is 4.79 Å². The van der Waals surface area contributed by atoms with Gasteiger partial charge in [-0.25, -0.2) is 4.39 Å². The van der Waals surface area contributed by atoms with Gasteiger partial charge in [-0.1, -0.05) is 0 Å². The van der Waals surface area contributed by atoms with Gasteiger partial charge in [-0.2, -0.15) is 0 Å². The van der Waals surface area contributed by atoms with Crippen molar-refractivity contribution in [2.45, 2.75) is 32.7 Å². The van der Waals surface area contributed by atoms with Crippen molar-refractivity contribution in [1.29, 1.82) is 0 Å². The summed E-state index contributed by atoms with van der Waals surface area (Å²) in [6, 6.07) is 3.13. The van der Waals surface area contributed by atoms with Crippen molar-refractivity contribution in [3.63, 3.8) is 0 Å². The Balaban J connectivity index is 2.32. The largest absolute Gasteiger partial charge is 0.370 e. The van der Waals surface area contributed by atoms with E-state index in [4.69, 9.17) is 5.73 Å². The highest BCUT2D eigenvalue weighted by Gasteiger charge is 2.27. The number of rotatable bonds is 3. The molecule has 3 N–H and O–H groups in total. The number of amides is 1. The maximum Gasteiger partial charge on any atom is 0.224 e. The van der Waals surface area contributed by atoms with E-state index >= 15 is 0 Å². The van der Waals surface area contributed by atoms with Crippen molar-refractivity contribution in [2.24, 2.45) is 11.7 Å². The molecule has 5 heteroatoms. The number of hydrogen-bond acceptors (Lipinski definition) is 3. The van der Waals surface area contributed by atoms with Gasteiger partial charge in [0.1, 0.15) is 5.82 Å². The van der Waals surface area contributed by atoms with Gasteiger partial charge in [0.25, 0.3) is 0 Å². The van der Waals surface area contributed by atoms with Crippen molar-refractivity contribution in [1.82, 2.24) is 5.32 Å². The Morgan fingerprint density at radius 2 is 2.24 bits per heavy atom. The second kappa shape index (κ2) is 6.43. The van der Waals surface area contributed by atoms with Crippen LogP contribution >= 0.6 is 0 Å². The van der Waals surface area contributed by atoms with Gasteiger partial charge in [0, 0.05) is 31.9 Å². The molecule has 0 bridgehead atoms. The number of halogens is 1. The number of hydrogen-bond donors (Lipinski definition) is 2. The van der Waals surface area contributed by atoms with Gasteiger partial charge in [-0.3, -0.25) is 4.79 Å². The molecule has 4 nitrogen and oxygen atoms in total. The Morgan fingerprint density at radius 1 is 1.52 bits per heavy atom. The minimum Gasteiger partial charge on any atom is -0.370 e. The van der Waals surface area contributed by atoms with Crippen molar-refractivity contribution < 1.29 is 9.18 Å². The second-order valence-electron chi connectivity index (χ2n) is 5.85. The predicted molar refractivity (Wildman–Crippen MR) is 82.7 cm³/mol. The topological polar surface area (TPSA) is 58.4 Å². The minimum absolute atomic E-state index is 0.0185. The van der Waals surface area contributed by atoms with E-state index < -0.39 is 0 Å². The van der Waals surface area contributed by atoms with E-state index in [0.29, 0.717) is 12.1 Å². The molecule has 116 valence electrons. The van der Waals surface area contributed by atoms with Gasteiger partial charge >= 0.3 is 0 Å². The van der Waals surface area contributed by atoms with Crippen LogP contribution in [0.25, 0.3) is 0 Å². The molecule has 0 aliphatic carbocycles. The van der Waals surface area contributed by atoms with Crippen LogP contribution in [-0.4, -0.2) is 26.0 Å². The number of nitrogens with two attached hydrogens (primary N) is 1. The lowest BCUT2D eigenvalue weighted by atomic mass is 9.94. The number of carbonyl (C=O) groups excluding carboxylic acids is 1. The first-order chi connectivity index (χ1) is 9.93. The van der Waals surface area contributed by atoms with Crippen LogP contribution in [0.1, 0.15) is 36.9 Å². The predicted octanol–water partition coefficient (Wildman–Crippen LogP) is 2.12. The molecule has 1 amide bonds. The lowest BCUT2D eigenvalue weighted by molar-refractivity contribution is -0.124. The van der Waals surface area contributed by atoms with Crippen LogP contribution in [0.15, 0.2) is 12.1 Å².